The second kappa shape index (κ2) is 6.29. The van der Waals surface area contributed by atoms with E-state index in [0.29, 0.717) is 12.2 Å². The molecule has 1 amide bonds. The quantitative estimate of drug-likeness (QED) is 0.884. The van der Waals surface area contributed by atoms with Crippen LogP contribution in [0.15, 0.2) is 29.6 Å². The Morgan fingerprint density at radius 3 is 2.75 bits per heavy atom. The maximum Gasteiger partial charge on any atom is 0.337 e. The van der Waals surface area contributed by atoms with E-state index in [1.165, 1.54) is 17.0 Å². The fourth-order valence-corrected chi connectivity index (χ4v) is 2.47. The Hall–Kier alpha value is -2.21. The van der Waals surface area contributed by atoms with E-state index in [9.17, 15) is 9.59 Å². The van der Waals surface area contributed by atoms with Crippen LogP contribution >= 0.6 is 11.3 Å². The third kappa shape index (κ3) is 3.42. The van der Waals surface area contributed by atoms with Gasteiger partial charge in [-0.05, 0) is 36.9 Å². The molecule has 5 nitrogen and oxygen atoms in total. The van der Waals surface area contributed by atoms with Gasteiger partial charge in [-0.15, -0.1) is 11.3 Å². The summed E-state index contributed by atoms with van der Waals surface area (Å²) in [6, 6.07) is 6.81. The molecule has 0 saturated heterocycles. The molecule has 104 valence electrons. The van der Waals surface area contributed by atoms with Crippen molar-refractivity contribution in [2.75, 3.05) is 6.54 Å². The van der Waals surface area contributed by atoms with Crippen LogP contribution in [0.4, 0.5) is 0 Å². The molecule has 0 fully saturated rings. The van der Waals surface area contributed by atoms with Gasteiger partial charge in [-0.1, -0.05) is 6.07 Å². The number of rotatable bonds is 5. The van der Waals surface area contributed by atoms with Crippen molar-refractivity contribution in [3.8, 4) is 0 Å². The smallest absolute Gasteiger partial charge is 0.337 e. The van der Waals surface area contributed by atoms with E-state index in [1.807, 2.05) is 17.5 Å². The molecule has 0 saturated carbocycles. The van der Waals surface area contributed by atoms with Gasteiger partial charge in [0.1, 0.15) is 5.69 Å². The van der Waals surface area contributed by atoms with Gasteiger partial charge in [-0.2, -0.15) is 0 Å². The lowest BCUT2D eigenvalue weighted by molar-refractivity contribution is 0.0694. The van der Waals surface area contributed by atoms with Crippen molar-refractivity contribution in [3.05, 3.63) is 51.5 Å². The number of thiophene rings is 1. The molecule has 0 unspecified atom stereocenters. The molecule has 2 aromatic heterocycles. The number of aryl methyl sites for hydroxylation is 1. The molecule has 6 heteroatoms. The standard InChI is InChI=1S/C14H14N2O3S/c1-9-11(14(18)19)4-5-12(16-9)13(17)15-7-6-10-3-2-8-20-10/h2-5,8H,6-7H2,1H3,(H,15,17)(H,18,19). The molecule has 0 aliphatic heterocycles. The van der Waals surface area contributed by atoms with E-state index in [4.69, 9.17) is 5.11 Å². The maximum absolute atomic E-state index is 11.9. The number of carbonyl (C=O) groups excluding carboxylic acids is 1. The van der Waals surface area contributed by atoms with E-state index in [0.717, 1.165) is 6.42 Å². The van der Waals surface area contributed by atoms with Gasteiger partial charge < -0.3 is 10.4 Å². The lowest BCUT2D eigenvalue weighted by Gasteiger charge is -2.06. The number of carboxylic acid groups (broad SMARTS) is 1. The van der Waals surface area contributed by atoms with Crippen molar-refractivity contribution in [3.63, 3.8) is 0 Å². The first-order chi connectivity index (χ1) is 9.58. The van der Waals surface area contributed by atoms with Crippen molar-refractivity contribution >= 4 is 23.2 Å². The Morgan fingerprint density at radius 1 is 1.35 bits per heavy atom. The first kappa shape index (κ1) is 14.2. The normalized spacial score (nSPS) is 10.2. The second-order valence-corrected chi connectivity index (χ2v) is 5.25. The number of aromatic nitrogens is 1. The summed E-state index contributed by atoms with van der Waals surface area (Å²) in [7, 11) is 0. The number of amides is 1. The third-order valence-electron chi connectivity index (χ3n) is 2.79. The predicted octanol–water partition coefficient (Wildman–Crippen LogP) is 2.12. The van der Waals surface area contributed by atoms with Crippen LogP contribution in [0.5, 0.6) is 0 Å². The lowest BCUT2D eigenvalue weighted by Crippen LogP contribution is -2.26. The largest absolute Gasteiger partial charge is 0.478 e. The SMILES string of the molecule is Cc1nc(C(=O)NCCc2cccs2)ccc1C(=O)O. The zero-order valence-corrected chi connectivity index (χ0v) is 11.7. The first-order valence-corrected chi connectivity index (χ1v) is 6.97. The van der Waals surface area contributed by atoms with E-state index >= 15 is 0 Å². The second-order valence-electron chi connectivity index (χ2n) is 4.22. The van der Waals surface area contributed by atoms with E-state index in [1.54, 1.807) is 18.3 Å². The van der Waals surface area contributed by atoms with Crippen LogP contribution in [-0.4, -0.2) is 28.5 Å². The van der Waals surface area contributed by atoms with E-state index in [-0.39, 0.29) is 17.2 Å². The molecule has 20 heavy (non-hydrogen) atoms. The summed E-state index contributed by atoms with van der Waals surface area (Å²) in [6.07, 6.45) is 0.773. The minimum absolute atomic E-state index is 0.111. The number of hydrogen-bond acceptors (Lipinski definition) is 4. The van der Waals surface area contributed by atoms with Crippen LogP contribution in [0, 0.1) is 6.92 Å². The first-order valence-electron chi connectivity index (χ1n) is 6.09. The van der Waals surface area contributed by atoms with Gasteiger partial charge in [0.05, 0.1) is 11.3 Å². The molecule has 0 aromatic carbocycles. The highest BCUT2D eigenvalue weighted by Crippen LogP contribution is 2.09. The number of hydrogen-bond donors (Lipinski definition) is 2. The number of carboxylic acids is 1. The Labute approximate surface area is 120 Å². The van der Waals surface area contributed by atoms with Crippen LogP contribution in [0.1, 0.15) is 31.4 Å². The Morgan fingerprint density at radius 2 is 2.15 bits per heavy atom. The van der Waals surface area contributed by atoms with Gasteiger partial charge >= 0.3 is 5.97 Å². The number of pyridine rings is 1. The van der Waals surface area contributed by atoms with Gasteiger partial charge in [0, 0.05) is 11.4 Å². The van der Waals surface area contributed by atoms with Gasteiger partial charge in [0.2, 0.25) is 0 Å². The maximum atomic E-state index is 11.9. The van der Waals surface area contributed by atoms with Crippen molar-refractivity contribution in [1.29, 1.82) is 0 Å². The molecule has 0 radical (unpaired) electrons. The number of nitrogens with zero attached hydrogens (tertiary/aromatic N) is 1. The molecule has 0 aliphatic carbocycles. The third-order valence-corrected chi connectivity index (χ3v) is 3.72. The average molecular weight is 290 g/mol. The van der Waals surface area contributed by atoms with Crippen molar-refractivity contribution in [2.45, 2.75) is 13.3 Å². The minimum Gasteiger partial charge on any atom is -0.478 e. The fraction of sp³-hybridized carbons (Fsp3) is 0.214. The molecule has 2 heterocycles. The Kier molecular flexibility index (Phi) is 4.47. The van der Waals surface area contributed by atoms with Gasteiger partial charge in [0.15, 0.2) is 0 Å². The summed E-state index contributed by atoms with van der Waals surface area (Å²) in [5.74, 6) is -1.33. The molecule has 2 aromatic rings. The fourth-order valence-electron chi connectivity index (χ4n) is 1.76. The molecule has 2 N–H and O–H groups in total. The monoisotopic (exact) mass is 290 g/mol. The summed E-state index contributed by atoms with van der Waals surface area (Å²) in [6.45, 7) is 2.10. The van der Waals surface area contributed by atoms with Crippen LogP contribution in [0.2, 0.25) is 0 Å². The molecule has 0 spiro atoms. The number of carbonyl (C=O) groups is 2. The molecule has 0 aliphatic rings. The summed E-state index contributed by atoms with van der Waals surface area (Å²) < 4.78 is 0. The van der Waals surface area contributed by atoms with Crippen molar-refractivity contribution in [2.24, 2.45) is 0 Å². The minimum atomic E-state index is -1.04. The Balaban J connectivity index is 1.95. The highest BCUT2D eigenvalue weighted by atomic mass is 32.1. The average Bonchev–Trinajstić information content (AvgIpc) is 2.91. The summed E-state index contributed by atoms with van der Waals surface area (Å²) in [5.41, 5.74) is 0.683. The highest BCUT2D eigenvalue weighted by Gasteiger charge is 2.12. The van der Waals surface area contributed by atoms with Crippen LogP contribution < -0.4 is 5.32 Å². The lowest BCUT2D eigenvalue weighted by atomic mass is 10.2. The van der Waals surface area contributed by atoms with Crippen molar-refractivity contribution < 1.29 is 14.7 Å². The molecule has 0 bridgehead atoms. The zero-order valence-electron chi connectivity index (χ0n) is 10.9. The topological polar surface area (TPSA) is 79.3 Å². The van der Waals surface area contributed by atoms with Crippen molar-refractivity contribution in [1.82, 2.24) is 10.3 Å². The molecule has 0 atom stereocenters. The molecular formula is C14H14N2O3S. The van der Waals surface area contributed by atoms with E-state index in [2.05, 4.69) is 10.3 Å². The predicted molar refractivity (Wildman–Crippen MR) is 76.3 cm³/mol. The van der Waals surface area contributed by atoms with Crippen LogP contribution in [-0.2, 0) is 6.42 Å². The molecular weight excluding hydrogens is 276 g/mol. The Bertz CT molecular complexity index is 623. The van der Waals surface area contributed by atoms with Gasteiger partial charge in [-0.3, -0.25) is 4.79 Å². The summed E-state index contributed by atoms with van der Waals surface area (Å²) in [4.78, 5) is 28.0. The van der Waals surface area contributed by atoms with Gasteiger partial charge in [-0.25, -0.2) is 9.78 Å². The van der Waals surface area contributed by atoms with Crippen LogP contribution in [0.3, 0.4) is 0 Å². The highest BCUT2D eigenvalue weighted by molar-refractivity contribution is 7.09. The molecule has 2 rings (SSSR count). The van der Waals surface area contributed by atoms with E-state index < -0.39 is 5.97 Å². The summed E-state index contributed by atoms with van der Waals surface area (Å²) >= 11 is 1.65. The zero-order chi connectivity index (χ0) is 14.5. The van der Waals surface area contributed by atoms with Gasteiger partial charge in [0.25, 0.3) is 5.91 Å². The number of nitrogens with one attached hydrogen (secondary N) is 1. The number of aromatic carboxylic acids is 1. The summed E-state index contributed by atoms with van der Waals surface area (Å²) in [5, 5.41) is 13.7. The van der Waals surface area contributed by atoms with Crippen LogP contribution in [0.25, 0.3) is 0 Å².